The van der Waals surface area contributed by atoms with Crippen molar-refractivity contribution in [3.05, 3.63) is 69.6 Å². The first kappa shape index (κ1) is 19.6. The molecule has 0 aliphatic carbocycles. The smallest absolute Gasteiger partial charge is 0.226 e. The lowest BCUT2D eigenvalue weighted by atomic mass is 10.0. The minimum Gasteiger partial charge on any atom is -0.497 e. The minimum absolute atomic E-state index is 0.0217. The molecule has 27 heavy (non-hydrogen) atoms. The fraction of sp³-hybridized carbons (Fsp3) is 0.238. The number of halogens is 1. The predicted molar refractivity (Wildman–Crippen MR) is 113 cm³/mol. The molecule has 3 aromatic rings. The van der Waals surface area contributed by atoms with Gasteiger partial charge in [0.05, 0.1) is 25.3 Å². The first-order valence-corrected chi connectivity index (χ1v) is 10.4. The molecule has 6 heteroatoms. The number of rotatable bonds is 7. The highest BCUT2D eigenvalue weighted by molar-refractivity contribution is 9.10. The fourth-order valence-electron chi connectivity index (χ4n) is 2.81. The van der Waals surface area contributed by atoms with Crippen LogP contribution in [0.5, 0.6) is 5.75 Å². The Balaban J connectivity index is 1.64. The molecule has 1 N–H and O–H groups in total. The van der Waals surface area contributed by atoms with Crippen LogP contribution in [0, 0.1) is 0 Å². The van der Waals surface area contributed by atoms with Crippen LogP contribution < -0.4 is 10.1 Å². The number of ether oxygens (including phenoxy) is 1. The average Bonchev–Trinajstić information content (AvgIpc) is 3.14. The molecule has 140 valence electrons. The third kappa shape index (κ3) is 5.17. The van der Waals surface area contributed by atoms with Crippen molar-refractivity contribution < 1.29 is 9.53 Å². The number of hydrogen-bond acceptors (Lipinski definition) is 4. The lowest BCUT2D eigenvalue weighted by Gasteiger charge is -2.17. The molecule has 2 aromatic carbocycles. The van der Waals surface area contributed by atoms with Crippen LogP contribution in [-0.4, -0.2) is 18.0 Å². The zero-order chi connectivity index (χ0) is 19.2. The van der Waals surface area contributed by atoms with Gasteiger partial charge in [-0.1, -0.05) is 47.1 Å². The molecule has 3 rings (SSSR count). The molecule has 4 nitrogen and oxygen atoms in total. The largest absolute Gasteiger partial charge is 0.497 e. The van der Waals surface area contributed by atoms with Gasteiger partial charge in [0.2, 0.25) is 5.91 Å². The Kier molecular flexibility index (Phi) is 6.63. The summed E-state index contributed by atoms with van der Waals surface area (Å²) < 4.78 is 6.21. The standard InChI is InChI=1S/C21H21BrN2O2S/c1-3-19(14-7-9-18(26-2)10-8-14)24-20(25)12-17-13-27-21(23-17)15-5-4-6-16(22)11-15/h4-11,13,19H,3,12H2,1-2H3,(H,24,25). The molecule has 1 amide bonds. The maximum atomic E-state index is 12.5. The number of hydrogen-bond donors (Lipinski definition) is 1. The van der Waals surface area contributed by atoms with E-state index in [1.54, 1.807) is 18.4 Å². The molecule has 1 heterocycles. The molecule has 0 saturated carbocycles. The summed E-state index contributed by atoms with van der Waals surface area (Å²) in [7, 11) is 1.64. The van der Waals surface area contributed by atoms with Crippen LogP contribution in [0.15, 0.2) is 58.4 Å². The summed E-state index contributed by atoms with van der Waals surface area (Å²) >= 11 is 5.03. The maximum absolute atomic E-state index is 12.5. The second kappa shape index (κ2) is 9.15. The van der Waals surface area contributed by atoms with E-state index in [9.17, 15) is 4.79 Å². The third-order valence-electron chi connectivity index (χ3n) is 4.23. The summed E-state index contributed by atoms with van der Waals surface area (Å²) in [6.45, 7) is 2.06. The molecule has 0 aliphatic rings. The zero-order valence-corrected chi connectivity index (χ0v) is 17.6. The van der Waals surface area contributed by atoms with Crippen LogP contribution in [0.1, 0.15) is 30.6 Å². The van der Waals surface area contributed by atoms with Gasteiger partial charge in [0.15, 0.2) is 0 Å². The van der Waals surface area contributed by atoms with Crippen molar-refractivity contribution in [1.82, 2.24) is 10.3 Å². The number of carbonyl (C=O) groups excluding carboxylic acids is 1. The van der Waals surface area contributed by atoms with Gasteiger partial charge in [0, 0.05) is 15.4 Å². The number of nitrogens with one attached hydrogen (secondary N) is 1. The van der Waals surface area contributed by atoms with Gasteiger partial charge < -0.3 is 10.1 Å². The molecule has 1 aromatic heterocycles. The molecule has 0 radical (unpaired) electrons. The van der Waals surface area contributed by atoms with Gasteiger partial charge >= 0.3 is 0 Å². The summed E-state index contributed by atoms with van der Waals surface area (Å²) in [5.41, 5.74) is 2.91. The molecule has 1 unspecified atom stereocenters. The number of aromatic nitrogens is 1. The van der Waals surface area contributed by atoms with E-state index in [2.05, 4.69) is 33.2 Å². The number of benzene rings is 2. The van der Waals surface area contributed by atoms with E-state index in [0.29, 0.717) is 0 Å². The summed E-state index contributed by atoms with van der Waals surface area (Å²) in [6, 6.07) is 15.8. The van der Waals surface area contributed by atoms with Crippen molar-refractivity contribution in [2.45, 2.75) is 25.8 Å². The van der Waals surface area contributed by atoms with Crippen LogP contribution in [0.3, 0.4) is 0 Å². The number of methoxy groups -OCH3 is 1. The summed E-state index contributed by atoms with van der Waals surface area (Å²) in [5.74, 6) is 0.784. The summed E-state index contributed by atoms with van der Waals surface area (Å²) in [5, 5.41) is 5.97. The van der Waals surface area contributed by atoms with Crippen molar-refractivity contribution in [2.24, 2.45) is 0 Å². The third-order valence-corrected chi connectivity index (χ3v) is 5.66. The Labute approximate surface area is 171 Å². The highest BCUT2D eigenvalue weighted by Crippen LogP contribution is 2.26. The van der Waals surface area contributed by atoms with Crippen molar-refractivity contribution in [3.8, 4) is 16.3 Å². The maximum Gasteiger partial charge on any atom is 0.226 e. The van der Waals surface area contributed by atoms with Gasteiger partial charge in [0.1, 0.15) is 10.8 Å². The second-order valence-electron chi connectivity index (χ2n) is 6.13. The fourth-order valence-corrected chi connectivity index (χ4v) is 4.03. The molecular formula is C21H21BrN2O2S. The Morgan fingerprint density at radius 2 is 2.04 bits per heavy atom. The molecule has 0 fully saturated rings. The van der Waals surface area contributed by atoms with Crippen LogP contribution >= 0.6 is 27.3 Å². The highest BCUT2D eigenvalue weighted by atomic mass is 79.9. The van der Waals surface area contributed by atoms with Crippen molar-refractivity contribution in [1.29, 1.82) is 0 Å². The van der Waals surface area contributed by atoms with Gasteiger partial charge in [-0.05, 0) is 36.2 Å². The number of carbonyl (C=O) groups is 1. The topological polar surface area (TPSA) is 51.2 Å². The second-order valence-corrected chi connectivity index (χ2v) is 7.91. The van der Waals surface area contributed by atoms with Crippen LogP contribution in [0.25, 0.3) is 10.6 Å². The molecule has 0 aliphatic heterocycles. The van der Waals surface area contributed by atoms with Crippen molar-refractivity contribution >= 4 is 33.2 Å². The molecule has 1 atom stereocenters. The van der Waals surface area contributed by atoms with Gasteiger partial charge in [-0.3, -0.25) is 4.79 Å². The van der Waals surface area contributed by atoms with Gasteiger partial charge in [0.25, 0.3) is 0 Å². The Morgan fingerprint density at radius 3 is 2.70 bits per heavy atom. The average molecular weight is 445 g/mol. The monoisotopic (exact) mass is 444 g/mol. The van der Waals surface area contributed by atoms with Crippen LogP contribution in [0.2, 0.25) is 0 Å². The van der Waals surface area contributed by atoms with Crippen LogP contribution in [0.4, 0.5) is 0 Å². The number of amides is 1. The summed E-state index contributed by atoms with van der Waals surface area (Å²) in [6.07, 6.45) is 1.09. The van der Waals surface area contributed by atoms with Crippen molar-refractivity contribution in [2.75, 3.05) is 7.11 Å². The quantitative estimate of drug-likeness (QED) is 0.531. The summed E-state index contributed by atoms with van der Waals surface area (Å²) in [4.78, 5) is 17.1. The predicted octanol–water partition coefficient (Wildman–Crippen LogP) is 5.39. The van der Waals surface area contributed by atoms with Gasteiger partial charge in [-0.15, -0.1) is 11.3 Å². The van der Waals surface area contributed by atoms with Crippen molar-refractivity contribution in [3.63, 3.8) is 0 Å². The SMILES string of the molecule is CCC(NC(=O)Cc1csc(-c2cccc(Br)c2)n1)c1ccc(OC)cc1. The Morgan fingerprint density at radius 1 is 1.26 bits per heavy atom. The number of thiazole rings is 1. The van der Waals surface area contributed by atoms with E-state index in [0.717, 1.165) is 38.5 Å². The highest BCUT2D eigenvalue weighted by Gasteiger charge is 2.15. The van der Waals surface area contributed by atoms with Crippen LogP contribution in [-0.2, 0) is 11.2 Å². The van der Waals surface area contributed by atoms with E-state index in [1.807, 2.05) is 53.9 Å². The lowest BCUT2D eigenvalue weighted by molar-refractivity contribution is -0.121. The minimum atomic E-state index is -0.0243. The first-order chi connectivity index (χ1) is 13.1. The molecule has 0 saturated heterocycles. The van der Waals surface area contributed by atoms with E-state index in [1.165, 1.54) is 0 Å². The van der Waals surface area contributed by atoms with E-state index in [4.69, 9.17) is 4.74 Å². The molecule has 0 spiro atoms. The lowest BCUT2D eigenvalue weighted by Crippen LogP contribution is -2.29. The van der Waals surface area contributed by atoms with E-state index < -0.39 is 0 Å². The number of nitrogens with zero attached hydrogens (tertiary/aromatic N) is 1. The van der Waals surface area contributed by atoms with Gasteiger partial charge in [-0.25, -0.2) is 4.98 Å². The molecular weight excluding hydrogens is 424 g/mol. The van der Waals surface area contributed by atoms with E-state index in [-0.39, 0.29) is 18.4 Å². The van der Waals surface area contributed by atoms with Gasteiger partial charge in [-0.2, -0.15) is 0 Å². The first-order valence-electron chi connectivity index (χ1n) is 8.72. The van der Waals surface area contributed by atoms with E-state index >= 15 is 0 Å². The zero-order valence-electron chi connectivity index (χ0n) is 15.2. The normalized spacial score (nSPS) is 11.8. The Hall–Kier alpha value is -2.18. The molecule has 0 bridgehead atoms. The Bertz CT molecular complexity index is 909.